The van der Waals surface area contributed by atoms with Crippen molar-refractivity contribution in [3.8, 4) is 0 Å². The summed E-state index contributed by atoms with van der Waals surface area (Å²) in [6.45, 7) is 4.78. The molecule has 1 aromatic heterocycles. The van der Waals surface area contributed by atoms with Gasteiger partial charge >= 0.3 is 0 Å². The lowest BCUT2D eigenvalue weighted by atomic mass is 10.2. The van der Waals surface area contributed by atoms with E-state index in [1.165, 1.54) is 12.8 Å². The first-order valence-electron chi connectivity index (χ1n) is 6.12. The van der Waals surface area contributed by atoms with Crippen LogP contribution in [0.5, 0.6) is 0 Å². The molecule has 0 aliphatic heterocycles. The Morgan fingerprint density at radius 1 is 1.44 bits per heavy atom. The smallest absolute Gasteiger partial charge is 0.274 e. The normalized spacial score (nSPS) is 14.9. The van der Waals surface area contributed by atoms with Crippen LogP contribution in [0.4, 0.5) is 0 Å². The molecule has 0 spiro atoms. The molecule has 0 aromatic carbocycles. The van der Waals surface area contributed by atoms with Crippen LogP contribution in [0.2, 0.25) is 10.2 Å². The zero-order valence-corrected chi connectivity index (χ0v) is 12.0. The van der Waals surface area contributed by atoms with Gasteiger partial charge in [0.2, 0.25) is 0 Å². The summed E-state index contributed by atoms with van der Waals surface area (Å²) >= 11 is 11.8. The zero-order valence-electron chi connectivity index (χ0n) is 10.5. The molecule has 1 heterocycles. The molecule has 1 amide bonds. The molecule has 1 aliphatic rings. The monoisotopic (exact) mass is 286 g/mol. The number of hydrogen-bond donors (Lipinski definition) is 0. The predicted molar refractivity (Wildman–Crippen MR) is 73.2 cm³/mol. The Kier molecular flexibility index (Phi) is 4.13. The Morgan fingerprint density at radius 3 is 2.67 bits per heavy atom. The fourth-order valence-corrected chi connectivity index (χ4v) is 2.14. The molecule has 2 rings (SSSR count). The van der Waals surface area contributed by atoms with Gasteiger partial charge in [0.1, 0.15) is 10.8 Å². The summed E-state index contributed by atoms with van der Waals surface area (Å²) in [5.41, 5.74) is 0.249. The van der Waals surface area contributed by atoms with E-state index in [9.17, 15) is 4.79 Å². The molecule has 1 saturated carbocycles. The molecule has 18 heavy (non-hydrogen) atoms. The van der Waals surface area contributed by atoms with E-state index in [1.807, 2.05) is 18.7 Å². The summed E-state index contributed by atoms with van der Waals surface area (Å²) in [4.78, 5) is 18.3. The molecule has 0 N–H and O–H groups in total. The fraction of sp³-hybridized carbons (Fsp3) is 0.538. The summed E-state index contributed by atoms with van der Waals surface area (Å²) < 4.78 is 0. The number of carbonyl (C=O) groups is 1. The Hall–Kier alpha value is -0.800. The molecule has 0 atom stereocenters. The first kappa shape index (κ1) is 13.6. The predicted octanol–water partition coefficient (Wildman–Crippen LogP) is 3.65. The second kappa shape index (κ2) is 5.45. The van der Waals surface area contributed by atoms with Crippen molar-refractivity contribution in [3.05, 3.63) is 28.0 Å². The maximum Gasteiger partial charge on any atom is 0.274 e. The summed E-state index contributed by atoms with van der Waals surface area (Å²) in [6.07, 6.45) is 2.40. The average molecular weight is 287 g/mol. The third-order valence-corrected chi connectivity index (χ3v) is 3.57. The van der Waals surface area contributed by atoms with Crippen molar-refractivity contribution in [3.63, 3.8) is 0 Å². The third-order valence-electron chi connectivity index (χ3n) is 3.05. The number of nitrogens with zero attached hydrogens (tertiary/aromatic N) is 2. The maximum absolute atomic E-state index is 12.4. The van der Waals surface area contributed by atoms with Crippen LogP contribution in [0, 0.1) is 5.92 Å². The van der Waals surface area contributed by atoms with Gasteiger partial charge in [-0.1, -0.05) is 23.2 Å². The molecule has 1 aromatic rings. The van der Waals surface area contributed by atoms with Crippen molar-refractivity contribution in [1.29, 1.82) is 0 Å². The number of aromatic nitrogens is 1. The van der Waals surface area contributed by atoms with Gasteiger partial charge in [-0.25, -0.2) is 4.98 Å². The average Bonchev–Trinajstić information content (AvgIpc) is 3.12. The van der Waals surface area contributed by atoms with E-state index in [1.54, 1.807) is 12.1 Å². The summed E-state index contributed by atoms with van der Waals surface area (Å²) in [5, 5.41) is 0.642. The fourth-order valence-electron chi connectivity index (χ4n) is 1.81. The Bertz CT molecular complexity index is 458. The van der Waals surface area contributed by atoms with Gasteiger partial charge in [0.15, 0.2) is 0 Å². The first-order chi connectivity index (χ1) is 8.49. The molecule has 1 aliphatic carbocycles. The minimum atomic E-state index is -0.135. The van der Waals surface area contributed by atoms with E-state index >= 15 is 0 Å². The van der Waals surface area contributed by atoms with Gasteiger partial charge in [-0.2, -0.15) is 0 Å². The van der Waals surface area contributed by atoms with Crippen molar-refractivity contribution in [2.45, 2.75) is 32.7 Å². The van der Waals surface area contributed by atoms with Crippen molar-refractivity contribution >= 4 is 29.1 Å². The highest BCUT2D eigenvalue weighted by molar-refractivity contribution is 6.34. The van der Waals surface area contributed by atoms with Gasteiger partial charge in [0.25, 0.3) is 5.91 Å². The lowest BCUT2D eigenvalue weighted by Gasteiger charge is -2.26. The molecule has 0 bridgehead atoms. The van der Waals surface area contributed by atoms with E-state index in [2.05, 4.69) is 4.98 Å². The molecular weight excluding hydrogens is 271 g/mol. The van der Waals surface area contributed by atoms with Crippen LogP contribution in [0.1, 0.15) is 37.2 Å². The Labute approximate surface area is 117 Å². The van der Waals surface area contributed by atoms with Gasteiger partial charge in [-0.3, -0.25) is 4.79 Å². The SMILES string of the molecule is CC(C)N(CC1CC1)C(=O)c1nc(Cl)ccc1Cl. The number of carbonyl (C=O) groups excluding carboxylic acids is 1. The van der Waals surface area contributed by atoms with Crippen LogP contribution in [0.3, 0.4) is 0 Å². The van der Waals surface area contributed by atoms with Crippen LogP contribution in [0.15, 0.2) is 12.1 Å². The number of amides is 1. The van der Waals surface area contributed by atoms with Gasteiger partial charge in [0, 0.05) is 12.6 Å². The summed E-state index contributed by atoms with van der Waals surface area (Å²) in [6, 6.07) is 3.33. The second-order valence-corrected chi connectivity index (χ2v) is 5.75. The Balaban J connectivity index is 2.23. The van der Waals surface area contributed by atoms with Gasteiger partial charge in [0.05, 0.1) is 5.02 Å². The zero-order chi connectivity index (χ0) is 13.3. The van der Waals surface area contributed by atoms with Crippen LogP contribution >= 0.6 is 23.2 Å². The second-order valence-electron chi connectivity index (χ2n) is 4.96. The van der Waals surface area contributed by atoms with E-state index in [0.717, 1.165) is 6.54 Å². The standard InChI is InChI=1S/C13H16Cl2N2O/c1-8(2)17(7-9-3-4-9)13(18)12-10(14)5-6-11(15)16-12/h5-6,8-9H,3-4,7H2,1-2H3. The molecule has 0 unspecified atom stereocenters. The van der Waals surface area contributed by atoms with E-state index < -0.39 is 0 Å². The maximum atomic E-state index is 12.4. The van der Waals surface area contributed by atoms with Crippen molar-refractivity contribution in [1.82, 2.24) is 9.88 Å². The topological polar surface area (TPSA) is 33.2 Å². The van der Waals surface area contributed by atoms with Crippen LogP contribution in [-0.4, -0.2) is 28.4 Å². The lowest BCUT2D eigenvalue weighted by molar-refractivity contribution is 0.0690. The van der Waals surface area contributed by atoms with E-state index in [-0.39, 0.29) is 22.8 Å². The number of hydrogen-bond acceptors (Lipinski definition) is 2. The summed E-state index contributed by atoms with van der Waals surface area (Å²) in [5.74, 6) is 0.499. The van der Waals surface area contributed by atoms with Crippen molar-refractivity contribution < 1.29 is 4.79 Å². The third kappa shape index (κ3) is 3.15. The van der Waals surface area contributed by atoms with Crippen molar-refractivity contribution in [2.24, 2.45) is 5.92 Å². The van der Waals surface area contributed by atoms with Gasteiger partial charge < -0.3 is 4.90 Å². The van der Waals surface area contributed by atoms with Crippen LogP contribution < -0.4 is 0 Å². The quantitative estimate of drug-likeness (QED) is 0.792. The Morgan fingerprint density at radius 2 is 2.11 bits per heavy atom. The molecule has 0 radical (unpaired) electrons. The minimum absolute atomic E-state index is 0.134. The number of pyridine rings is 1. The minimum Gasteiger partial charge on any atom is -0.335 e. The highest BCUT2D eigenvalue weighted by Crippen LogP contribution is 2.31. The molecule has 5 heteroatoms. The molecule has 1 fully saturated rings. The molecular formula is C13H16Cl2N2O. The number of halogens is 2. The molecule has 3 nitrogen and oxygen atoms in total. The van der Waals surface area contributed by atoms with Crippen LogP contribution in [0.25, 0.3) is 0 Å². The van der Waals surface area contributed by atoms with Gasteiger partial charge in [-0.05, 0) is 44.7 Å². The molecule has 0 saturated heterocycles. The van der Waals surface area contributed by atoms with Crippen LogP contribution in [-0.2, 0) is 0 Å². The highest BCUT2D eigenvalue weighted by Gasteiger charge is 2.30. The first-order valence-corrected chi connectivity index (χ1v) is 6.87. The number of rotatable bonds is 4. The molecule has 98 valence electrons. The lowest BCUT2D eigenvalue weighted by Crippen LogP contribution is -2.39. The summed E-state index contributed by atoms with van der Waals surface area (Å²) in [7, 11) is 0. The van der Waals surface area contributed by atoms with E-state index in [4.69, 9.17) is 23.2 Å². The van der Waals surface area contributed by atoms with Gasteiger partial charge in [-0.15, -0.1) is 0 Å². The van der Waals surface area contributed by atoms with E-state index in [0.29, 0.717) is 10.9 Å². The highest BCUT2D eigenvalue weighted by atomic mass is 35.5. The largest absolute Gasteiger partial charge is 0.335 e. The van der Waals surface area contributed by atoms with Crippen molar-refractivity contribution in [2.75, 3.05) is 6.54 Å².